The van der Waals surface area contributed by atoms with E-state index >= 15 is 0 Å². The molecule has 2 aromatic carbocycles. The van der Waals surface area contributed by atoms with E-state index in [1.807, 2.05) is 13.0 Å². The van der Waals surface area contributed by atoms with E-state index < -0.39 is 10.0 Å². The molecule has 0 bridgehead atoms. The first-order valence-corrected chi connectivity index (χ1v) is 8.61. The van der Waals surface area contributed by atoms with Gasteiger partial charge in [-0.3, -0.25) is 9.52 Å². The highest BCUT2D eigenvalue weighted by Crippen LogP contribution is 2.21. The van der Waals surface area contributed by atoms with E-state index in [0.717, 1.165) is 5.56 Å². The fourth-order valence-electron chi connectivity index (χ4n) is 2.15. The quantitative estimate of drug-likeness (QED) is 0.936. The van der Waals surface area contributed by atoms with Gasteiger partial charge in [0.25, 0.3) is 15.9 Å². The monoisotopic (exact) mass is 332 g/mol. The van der Waals surface area contributed by atoms with Crippen LogP contribution in [0.15, 0.2) is 47.4 Å². The standard InChI is InChI=1S/C17H20N2O3S/c1-12-5-6-13(2)16(11-12)23(21,22)18-15-9-7-14(8-10-15)17(20)19(3)4/h5-11,18H,1-4H3. The minimum absolute atomic E-state index is 0.131. The molecule has 122 valence electrons. The van der Waals surface area contributed by atoms with E-state index in [0.29, 0.717) is 16.8 Å². The summed E-state index contributed by atoms with van der Waals surface area (Å²) >= 11 is 0. The third-order valence-corrected chi connectivity index (χ3v) is 4.95. The van der Waals surface area contributed by atoms with Gasteiger partial charge in [-0.15, -0.1) is 0 Å². The first-order valence-electron chi connectivity index (χ1n) is 7.12. The number of nitrogens with one attached hydrogen (secondary N) is 1. The molecule has 0 fully saturated rings. The number of carbonyl (C=O) groups is 1. The Labute approximate surface area is 137 Å². The van der Waals surface area contributed by atoms with Crippen LogP contribution in [0.1, 0.15) is 21.5 Å². The minimum atomic E-state index is -3.66. The lowest BCUT2D eigenvalue weighted by Gasteiger charge is -2.13. The molecule has 2 rings (SSSR count). The van der Waals surface area contributed by atoms with E-state index in [9.17, 15) is 13.2 Å². The molecule has 0 heterocycles. The molecule has 0 saturated carbocycles. The number of anilines is 1. The average Bonchev–Trinajstić information content (AvgIpc) is 2.49. The van der Waals surface area contributed by atoms with Crippen molar-refractivity contribution >= 4 is 21.6 Å². The fraction of sp³-hybridized carbons (Fsp3) is 0.235. The van der Waals surface area contributed by atoms with Crippen molar-refractivity contribution in [1.29, 1.82) is 0 Å². The van der Waals surface area contributed by atoms with Crippen LogP contribution < -0.4 is 4.72 Å². The Hall–Kier alpha value is -2.34. The number of hydrogen-bond donors (Lipinski definition) is 1. The number of amides is 1. The lowest BCUT2D eigenvalue weighted by Crippen LogP contribution is -2.21. The van der Waals surface area contributed by atoms with Crippen molar-refractivity contribution in [2.24, 2.45) is 0 Å². The molecule has 6 heteroatoms. The van der Waals surface area contributed by atoms with Crippen LogP contribution in [0.2, 0.25) is 0 Å². The highest BCUT2D eigenvalue weighted by atomic mass is 32.2. The summed E-state index contributed by atoms with van der Waals surface area (Å²) in [5.41, 5.74) is 2.48. The van der Waals surface area contributed by atoms with Gasteiger partial charge in [-0.05, 0) is 55.3 Å². The van der Waals surface area contributed by atoms with E-state index in [-0.39, 0.29) is 10.8 Å². The maximum absolute atomic E-state index is 12.5. The summed E-state index contributed by atoms with van der Waals surface area (Å²) in [6.45, 7) is 3.60. The Morgan fingerprint density at radius 2 is 1.61 bits per heavy atom. The highest BCUT2D eigenvalue weighted by Gasteiger charge is 2.17. The molecule has 5 nitrogen and oxygen atoms in total. The van der Waals surface area contributed by atoms with Crippen molar-refractivity contribution in [2.45, 2.75) is 18.7 Å². The van der Waals surface area contributed by atoms with Gasteiger partial charge >= 0.3 is 0 Å². The lowest BCUT2D eigenvalue weighted by atomic mass is 10.2. The van der Waals surface area contributed by atoms with Crippen LogP contribution in [0.4, 0.5) is 5.69 Å². The second kappa shape index (κ2) is 6.42. The van der Waals surface area contributed by atoms with Gasteiger partial charge in [-0.2, -0.15) is 0 Å². The van der Waals surface area contributed by atoms with Crippen molar-refractivity contribution in [1.82, 2.24) is 4.90 Å². The van der Waals surface area contributed by atoms with E-state index in [2.05, 4.69) is 4.72 Å². The van der Waals surface area contributed by atoms with Crippen LogP contribution in [0.25, 0.3) is 0 Å². The van der Waals surface area contributed by atoms with Crippen molar-refractivity contribution in [3.8, 4) is 0 Å². The van der Waals surface area contributed by atoms with Gasteiger partial charge in [-0.25, -0.2) is 8.42 Å². The van der Waals surface area contributed by atoms with Crippen LogP contribution in [0.3, 0.4) is 0 Å². The van der Waals surface area contributed by atoms with Gasteiger partial charge in [0.1, 0.15) is 0 Å². The SMILES string of the molecule is Cc1ccc(C)c(S(=O)(=O)Nc2ccc(C(=O)N(C)C)cc2)c1. The summed E-state index contributed by atoms with van der Waals surface area (Å²) in [4.78, 5) is 13.6. The molecule has 0 saturated heterocycles. The van der Waals surface area contributed by atoms with Crippen LogP contribution in [0, 0.1) is 13.8 Å². The molecule has 0 radical (unpaired) electrons. The summed E-state index contributed by atoms with van der Waals surface area (Å²) < 4.78 is 27.6. The van der Waals surface area contributed by atoms with Crippen LogP contribution in [-0.4, -0.2) is 33.3 Å². The van der Waals surface area contributed by atoms with Crippen LogP contribution >= 0.6 is 0 Å². The molecule has 1 amide bonds. The number of rotatable bonds is 4. The minimum Gasteiger partial charge on any atom is -0.345 e. The predicted octanol–water partition coefficient (Wildman–Crippen LogP) is 2.81. The zero-order valence-electron chi connectivity index (χ0n) is 13.6. The predicted molar refractivity (Wildman–Crippen MR) is 91.2 cm³/mol. The van der Waals surface area contributed by atoms with Crippen molar-refractivity contribution in [3.63, 3.8) is 0 Å². The normalized spacial score (nSPS) is 11.1. The van der Waals surface area contributed by atoms with Crippen molar-refractivity contribution in [2.75, 3.05) is 18.8 Å². The molecule has 0 atom stereocenters. The van der Waals surface area contributed by atoms with Gasteiger partial charge in [0.05, 0.1) is 4.90 Å². The molecular weight excluding hydrogens is 312 g/mol. The third-order valence-electron chi connectivity index (χ3n) is 3.42. The van der Waals surface area contributed by atoms with Gasteiger partial charge < -0.3 is 4.90 Å². The summed E-state index contributed by atoms with van der Waals surface area (Å²) in [6, 6.07) is 11.7. The van der Waals surface area contributed by atoms with Crippen LogP contribution in [0.5, 0.6) is 0 Å². The van der Waals surface area contributed by atoms with Crippen LogP contribution in [-0.2, 0) is 10.0 Å². The number of benzene rings is 2. The highest BCUT2D eigenvalue weighted by molar-refractivity contribution is 7.92. The Balaban J connectivity index is 2.27. The lowest BCUT2D eigenvalue weighted by molar-refractivity contribution is 0.0827. The van der Waals surface area contributed by atoms with E-state index in [4.69, 9.17) is 0 Å². The maximum atomic E-state index is 12.5. The Morgan fingerprint density at radius 1 is 1.00 bits per heavy atom. The first-order chi connectivity index (χ1) is 10.7. The molecule has 23 heavy (non-hydrogen) atoms. The molecule has 0 aromatic heterocycles. The Morgan fingerprint density at radius 3 is 2.17 bits per heavy atom. The zero-order valence-corrected chi connectivity index (χ0v) is 14.4. The Bertz CT molecular complexity index is 825. The molecule has 0 aliphatic carbocycles. The number of sulfonamides is 1. The van der Waals surface area contributed by atoms with E-state index in [1.54, 1.807) is 57.4 Å². The fourth-order valence-corrected chi connectivity index (χ4v) is 3.54. The number of aryl methyl sites for hydroxylation is 2. The van der Waals surface area contributed by atoms with Crippen molar-refractivity contribution in [3.05, 3.63) is 59.2 Å². The molecule has 0 unspecified atom stereocenters. The second-order valence-electron chi connectivity index (χ2n) is 5.65. The average molecular weight is 332 g/mol. The van der Waals surface area contributed by atoms with E-state index in [1.165, 1.54) is 4.90 Å². The summed E-state index contributed by atoms with van der Waals surface area (Å²) in [5.74, 6) is -0.131. The third kappa shape index (κ3) is 3.90. The van der Waals surface area contributed by atoms with Gasteiger partial charge in [0.2, 0.25) is 0 Å². The number of hydrogen-bond acceptors (Lipinski definition) is 3. The smallest absolute Gasteiger partial charge is 0.262 e. The van der Waals surface area contributed by atoms with Crippen molar-refractivity contribution < 1.29 is 13.2 Å². The van der Waals surface area contributed by atoms with Gasteiger partial charge in [0, 0.05) is 25.3 Å². The maximum Gasteiger partial charge on any atom is 0.262 e. The first kappa shape index (κ1) is 17.0. The molecule has 1 N–H and O–H groups in total. The molecule has 0 aliphatic heterocycles. The summed E-state index contributed by atoms with van der Waals surface area (Å²) in [6.07, 6.45) is 0. The largest absolute Gasteiger partial charge is 0.345 e. The Kier molecular flexibility index (Phi) is 4.75. The molecular formula is C17H20N2O3S. The molecule has 0 aliphatic rings. The zero-order chi connectivity index (χ0) is 17.2. The number of carbonyl (C=O) groups excluding carboxylic acids is 1. The topological polar surface area (TPSA) is 66.5 Å². The summed E-state index contributed by atoms with van der Waals surface area (Å²) in [5, 5.41) is 0. The van der Waals surface area contributed by atoms with Gasteiger partial charge in [0.15, 0.2) is 0 Å². The number of nitrogens with zero attached hydrogens (tertiary/aromatic N) is 1. The second-order valence-corrected chi connectivity index (χ2v) is 7.30. The van der Waals surface area contributed by atoms with Gasteiger partial charge in [-0.1, -0.05) is 12.1 Å². The molecule has 2 aromatic rings. The summed E-state index contributed by atoms with van der Waals surface area (Å²) in [7, 11) is -0.329. The molecule has 0 spiro atoms.